The first-order chi connectivity index (χ1) is 7.08. The Kier molecular flexibility index (Phi) is 2.29. The number of rotatable bonds is 1. The van der Waals surface area contributed by atoms with Crippen LogP contribution in [0.4, 0.5) is 0 Å². The zero-order valence-corrected chi connectivity index (χ0v) is 8.82. The van der Waals surface area contributed by atoms with Crippen LogP contribution in [-0.2, 0) is 9.59 Å². The third-order valence-electron chi connectivity index (χ3n) is 3.55. The summed E-state index contributed by atoms with van der Waals surface area (Å²) in [5, 5.41) is 9.35. The lowest BCUT2D eigenvalue weighted by Crippen LogP contribution is -2.47. The summed E-state index contributed by atoms with van der Waals surface area (Å²) in [7, 11) is 1.68. The highest BCUT2D eigenvalue weighted by molar-refractivity contribution is 5.87. The average Bonchev–Trinajstić information content (AvgIpc) is 2.24. The largest absolute Gasteiger partial charge is 0.481 e. The molecular weight excluding hydrogens is 194 g/mol. The second-order valence-electron chi connectivity index (χ2n) is 4.32. The van der Waals surface area contributed by atoms with Gasteiger partial charge in [0, 0.05) is 19.2 Å². The summed E-state index contributed by atoms with van der Waals surface area (Å²) < 4.78 is 0. The molecule has 1 heterocycles. The number of hydrogen-bond acceptors (Lipinski definition) is 2. The number of aliphatic carboxylic acids is 1. The zero-order valence-electron chi connectivity index (χ0n) is 8.82. The molecule has 1 amide bonds. The molecule has 15 heavy (non-hydrogen) atoms. The van der Waals surface area contributed by atoms with Gasteiger partial charge in [0.2, 0.25) is 5.91 Å². The van der Waals surface area contributed by atoms with Crippen molar-refractivity contribution < 1.29 is 14.7 Å². The van der Waals surface area contributed by atoms with E-state index < -0.39 is 11.4 Å². The van der Waals surface area contributed by atoms with Crippen molar-refractivity contribution in [2.45, 2.75) is 32.1 Å². The van der Waals surface area contributed by atoms with Gasteiger partial charge in [0.15, 0.2) is 0 Å². The normalized spacial score (nSPS) is 30.9. The molecule has 2 rings (SSSR count). The third-order valence-corrected chi connectivity index (χ3v) is 3.55. The van der Waals surface area contributed by atoms with E-state index in [9.17, 15) is 14.7 Å². The van der Waals surface area contributed by atoms with E-state index in [1.165, 1.54) is 4.90 Å². The first-order valence-electron chi connectivity index (χ1n) is 5.28. The fourth-order valence-electron chi connectivity index (χ4n) is 2.62. The van der Waals surface area contributed by atoms with Gasteiger partial charge < -0.3 is 10.0 Å². The van der Waals surface area contributed by atoms with Gasteiger partial charge in [-0.2, -0.15) is 0 Å². The number of likely N-dealkylation sites (tertiary alicyclic amines) is 1. The van der Waals surface area contributed by atoms with E-state index in [1.54, 1.807) is 7.05 Å². The summed E-state index contributed by atoms with van der Waals surface area (Å²) in [5.74, 6) is -0.757. The summed E-state index contributed by atoms with van der Waals surface area (Å²) in [6, 6.07) is 0. The SMILES string of the molecule is CN1C(=O)CCC2(C(=O)O)CCCC=C12. The summed E-state index contributed by atoms with van der Waals surface area (Å²) >= 11 is 0. The van der Waals surface area contributed by atoms with E-state index in [1.807, 2.05) is 6.08 Å². The van der Waals surface area contributed by atoms with Gasteiger partial charge in [0.25, 0.3) is 0 Å². The Morgan fingerprint density at radius 2 is 2.27 bits per heavy atom. The number of nitrogens with zero attached hydrogens (tertiary/aromatic N) is 1. The van der Waals surface area contributed by atoms with Crippen LogP contribution in [0.25, 0.3) is 0 Å². The number of allylic oxidation sites excluding steroid dienone is 1. The summed E-state index contributed by atoms with van der Waals surface area (Å²) in [4.78, 5) is 24.4. The molecule has 1 aliphatic carbocycles. The topological polar surface area (TPSA) is 57.6 Å². The number of carboxylic acids is 1. The van der Waals surface area contributed by atoms with Crippen LogP contribution in [0.15, 0.2) is 11.8 Å². The van der Waals surface area contributed by atoms with Crippen molar-refractivity contribution in [3.8, 4) is 0 Å². The maximum absolute atomic E-state index is 11.5. The predicted molar refractivity (Wildman–Crippen MR) is 54.0 cm³/mol. The van der Waals surface area contributed by atoms with Gasteiger partial charge in [-0.3, -0.25) is 9.59 Å². The monoisotopic (exact) mass is 209 g/mol. The number of fused-ring (bicyclic) bond motifs is 1. The molecule has 0 aromatic carbocycles. The van der Waals surface area contributed by atoms with Crippen molar-refractivity contribution in [1.82, 2.24) is 4.90 Å². The van der Waals surface area contributed by atoms with Crippen molar-refractivity contribution in [1.29, 1.82) is 0 Å². The van der Waals surface area contributed by atoms with E-state index in [0.29, 0.717) is 25.0 Å². The Morgan fingerprint density at radius 1 is 1.53 bits per heavy atom. The Morgan fingerprint density at radius 3 is 2.93 bits per heavy atom. The van der Waals surface area contributed by atoms with Crippen molar-refractivity contribution in [2.75, 3.05) is 7.05 Å². The van der Waals surface area contributed by atoms with E-state index in [-0.39, 0.29) is 5.91 Å². The van der Waals surface area contributed by atoms with E-state index in [4.69, 9.17) is 0 Å². The number of carbonyl (C=O) groups excluding carboxylic acids is 1. The Hall–Kier alpha value is -1.32. The van der Waals surface area contributed by atoms with E-state index >= 15 is 0 Å². The third kappa shape index (κ3) is 1.35. The first kappa shape index (κ1) is 10.2. The van der Waals surface area contributed by atoms with Crippen molar-refractivity contribution in [3.63, 3.8) is 0 Å². The van der Waals surface area contributed by atoms with Crippen LogP contribution in [0.2, 0.25) is 0 Å². The summed E-state index contributed by atoms with van der Waals surface area (Å²) in [5.41, 5.74) is -0.0847. The number of amides is 1. The molecule has 2 aliphatic rings. The predicted octanol–water partition coefficient (Wildman–Crippen LogP) is 1.38. The van der Waals surface area contributed by atoms with Gasteiger partial charge in [0.05, 0.1) is 0 Å². The van der Waals surface area contributed by atoms with Crippen LogP contribution >= 0.6 is 0 Å². The molecule has 4 heteroatoms. The van der Waals surface area contributed by atoms with Gasteiger partial charge in [-0.25, -0.2) is 0 Å². The van der Waals surface area contributed by atoms with Gasteiger partial charge >= 0.3 is 5.97 Å². The standard InChI is InChI=1S/C11H15NO3/c1-12-8-4-2-3-6-11(8,10(14)15)7-5-9(12)13/h4H,2-3,5-7H2,1H3,(H,14,15). The van der Waals surface area contributed by atoms with Crippen molar-refractivity contribution >= 4 is 11.9 Å². The maximum atomic E-state index is 11.5. The molecule has 4 nitrogen and oxygen atoms in total. The number of carbonyl (C=O) groups is 2. The average molecular weight is 209 g/mol. The molecule has 1 saturated heterocycles. The number of carboxylic acid groups (broad SMARTS) is 1. The van der Waals surface area contributed by atoms with Gasteiger partial charge in [0.1, 0.15) is 5.41 Å². The molecule has 0 saturated carbocycles. The Balaban J connectivity index is 2.43. The molecule has 1 atom stereocenters. The number of hydrogen-bond donors (Lipinski definition) is 1. The van der Waals surface area contributed by atoms with E-state index in [2.05, 4.69) is 0 Å². The van der Waals surface area contributed by atoms with Crippen LogP contribution in [0.3, 0.4) is 0 Å². The first-order valence-corrected chi connectivity index (χ1v) is 5.28. The summed E-state index contributed by atoms with van der Waals surface area (Å²) in [6.45, 7) is 0. The lowest BCUT2D eigenvalue weighted by atomic mass is 9.70. The lowest BCUT2D eigenvalue weighted by molar-refractivity contribution is -0.152. The molecule has 0 spiro atoms. The molecule has 0 radical (unpaired) electrons. The van der Waals surface area contributed by atoms with Crippen LogP contribution in [0.5, 0.6) is 0 Å². The zero-order chi connectivity index (χ0) is 11.1. The molecule has 0 aromatic heterocycles. The minimum Gasteiger partial charge on any atom is -0.481 e. The van der Waals surface area contributed by atoms with Gasteiger partial charge in [-0.1, -0.05) is 6.08 Å². The quantitative estimate of drug-likeness (QED) is 0.709. The Bertz CT molecular complexity index is 348. The second kappa shape index (κ2) is 3.36. The molecule has 1 N–H and O–H groups in total. The van der Waals surface area contributed by atoms with Gasteiger partial charge in [-0.15, -0.1) is 0 Å². The van der Waals surface area contributed by atoms with Crippen LogP contribution in [-0.4, -0.2) is 28.9 Å². The minimum absolute atomic E-state index is 0.0278. The van der Waals surface area contributed by atoms with Crippen LogP contribution in [0, 0.1) is 5.41 Å². The second-order valence-corrected chi connectivity index (χ2v) is 4.32. The summed E-state index contributed by atoms with van der Waals surface area (Å²) in [6.07, 6.45) is 5.15. The lowest BCUT2D eigenvalue weighted by Gasteiger charge is -2.42. The van der Waals surface area contributed by atoms with E-state index in [0.717, 1.165) is 12.8 Å². The van der Waals surface area contributed by atoms with Crippen molar-refractivity contribution in [2.24, 2.45) is 5.41 Å². The highest BCUT2D eigenvalue weighted by Crippen LogP contribution is 2.46. The van der Waals surface area contributed by atoms with Crippen LogP contribution in [0.1, 0.15) is 32.1 Å². The molecule has 1 unspecified atom stereocenters. The van der Waals surface area contributed by atoms with Crippen LogP contribution < -0.4 is 0 Å². The highest BCUT2D eigenvalue weighted by Gasteiger charge is 2.48. The smallest absolute Gasteiger partial charge is 0.315 e. The van der Waals surface area contributed by atoms with Gasteiger partial charge in [-0.05, 0) is 25.7 Å². The fourth-order valence-corrected chi connectivity index (χ4v) is 2.62. The fraction of sp³-hybridized carbons (Fsp3) is 0.636. The molecule has 0 aromatic rings. The van der Waals surface area contributed by atoms with Crippen molar-refractivity contribution in [3.05, 3.63) is 11.8 Å². The molecule has 0 bridgehead atoms. The molecule has 82 valence electrons. The Labute approximate surface area is 88.6 Å². The molecular formula is C11H15NO3. The highest BCUT2D eigenvalue weighted by atomic mass is 16.4. The molecule has 1 aliphatic heterocycles. The molecule has 1 fully saturated rings. The maximum Gasteiger partial charge on any atom is 0.315 e. The minimum atomic E-state index is -0.791. The number of piperidine rings is 1.